The van der Waals surface area contributed by atoms with E-state index in [1.54, 1.807) is 18.2 Å². The van der Waals surface area contributed by atoms with Gasteiger partial charge in [-0.15, -0.1) is 0 Å². The predicted octanol–water partition coefficient (Wildman–Crippen LogP) is 3.58. The average molecular weight is 362 g/mol. The molecule has 1 heterocycles. The molecule has 5 heteroatoms. The second-order valence-electron chi connectivity index (χ2n) is 6.30. The number of rotatable bonds is 5. The second kappa shape index (κ2) is 7.50. The highest BCUT2D eigenvalue weighted by Gasteiger charge is 2.16. The van der Waals surface area contributed by atoms with Crippen LogP contribution in [0, 0.1) is 0 Å². The van der Waals surface area contributed by atoms with Crippen molar-refractivity contribution in [3.8, 4) is 11.5 Å². The Bertz CT molecular complexity index is 1010. The van der Waals surface area contributed by atoms with E-state index in [0.29, 0.717) is 30.3 Å². The Morgan fingerprint density at radius 2 is 1.63 bits per heavy atom. The van der Waals surface area contributed by atoms with E-state index < -0.39 is 5.97 Å². The zero-order chi connectivity index (χ0) is 18.6. The third kappa shape index (κ3) is 3.92. The second-order valence-corrected chi connectivity index (χ2v) is 6.30. The van der Waals surface area contributed by atoms with E-state index in [0.717, 1.165) is 16.3 Å². The van der Waals surface area contributed by atoms with Crippen LogP contribution in [0.5, 0.6) is 11.5 Å². The molecule has 4 rings (SSSR count). The number of benzene rings is 3. The van der Waals surface area contributed by atoms with Crippen molar-refractivity contribution >= 4 is 22.5 Å². The Morgan fingerprint density at radius 3 is 2.48 bits per heavy atom. The molecule has 0 aliphatic carbocycles. The molecular weight excluding hydrogens is 344 g/mol. The van der Waals surface area contributed by atoms with Crippen molar-refractivity contribution < 1.29 is 23.8 Å². The zero-order valence-corrected chi connectivity index (χ0v) is 14.6. The number of hydrogen-bond acceptors (Lipinski definition) is 5. The van der Waals surface area contributed by atoms with Gasteiger partial charge >= 0.3 is 5.97 Å². The number of ether oxygens (including phenoxy) is 3. The van der Waals surface area contributed by atoms with Crippen molar-refractivity contribution in [3.63, 3.8) is 0 Å². The molecule has 0 saturated carbocycles. The Balaban J connectivity index is 1.36. The van der Waals surface area contributed by atoms with Crippen LogP contribution in [-0.2, 0) is 16.0 Å². The molecule has 136 valence electrons. The Kier molecular flexibility index (Phi) is 4.75. The Morgan fingerprint density at radius 1 is 0.852 bits per heavy atom. The Hall–Kier alpha value is -3.34. The molecule has 0 radical (unpaired) electrons. The van der Waals surface area contributed by atoms with Gasteiger partial charge in [-0.3, -0.25) is 9.59 Å². The number of carbonyl (C=O) groups is 2. The largest absolute Gasteiger partial charge is 0.486 e. The Labute approximate surface area is 156 Å². The summed E-state index contributed by atoms with van der Waals surface area (Å²) >= 11 is 0. The molecule has 3 aromatic carbocycles. The molecule has 1 aliphatic rings. The maximum Gasteiger partial charge on any atom is 0.310 e. The highest BCUT2D eigenvalue weighted by atomic mass is 16.6. The third-order valence-corrected chi connectivity index (χ3v) is 4.39. The molecule has 0 N–H and O–H groups in total. The van der Waals surface area contributed by atoms with Gasteiger partial charge in [-0.25, -0.2) is 0 Å². The summed E-state index contributed by atoms with van der Waals surface area (Å²) < 4.78 is 16.1. The molecule has 0 spiro atoms. The van der Waals surface area contributed by atoms with E-state index in [-0.39, 0.29) is 18.8 Å². The van der Waals surface area contributed by atoms with E-state index in [2.05, 4.69) is 0 Å². The minimum Gasteiger partial charge on any atom is -0.486 e. The lowest BCUT2D eigenvalue weighted by Crippen LogP contribution is -2.18. The maximum atomic E-state index is 12.3. The van der Waals surface area contributed by atoms with E-state index in [1.165, 1.54) is 0 Å². The lowest BCUT2D eigenvalue weighted by atomic mass is 10.1. The van der Waals surface area contributed by atoms with Crippen molar-refractivity contribution in [1.29, 1.82) is 0 Å². The van der Waals surface area contributed by atoms with Crippen LogP contribution in [0.4, 0.5) is 0 Å². The summed E-state index contributed by atoms with van der Waals surface area (Å²) in [5.41, 5.74) is 1.28. The molecule has 1 aliphatic heterocycles. The van der Waals surface area contributed by atoms with Crippen LogP contribution in [0.1, 0.15) is 15.9 Å². The molecule has 0 bridgehead atoms. The number of hydrogen-bond donors (Lipinski definition) is 0. The third-order valence-electron chi connectivity index (χ3n) is 4.39. The minimum absolute atomic E-state index is 0.124. The van der Waals surface area contributed by atoms with Crippen molar-refractivity contribution in [3.05, 3.63) is 71.8 Å². The summed E-state index contributed by atoms with van der Waals surface area (Å²) in [4.78, 5) is 24.4. The fraction of sp³-hybridized carbons (Fsp3) is 0.182. The fourth-order valence-corrected chi connectivity index (χ4v) is 3.01. The highest BCUT2D eigenvalue weighted by molar-refractivity contribution is 5.98. The number of fused-ring (bicyclic) bond motifs is 2. The number of carbonyl (C=O) groups excluding carboxylic acids is 2. The van der Waals surface area contributed by atoms with E-state index in [1.807, 2.05) is 42.5 Å². The van der Waals surface area contributed by atoms with Crippen LogP contribution in [0.25, 0.3) is 10.8 Å². The first-order valence-electron chi connectivity index (χ1n) is 8.75. The van der Waals surface area contributed by atoms with E-state index >= 15 is 0 Å². The van der Waals surface area contributed by atoms with E-state index in [4.69, 9.17) is 14.2 Å². The first kappa shape index (κ1) is 17.1. The molecule has 0 atom stereocenters. The predicted molar refractivity (Wildman–Crippen MR) is 100 cm³/mol. The van der Waals surface area contributed by atoms with Gasteiger partial charge in [0, 0.05) is 5.56 Å². The molecule has 0 fully saturated rings. The van der Waals surface area contributed by atoms with Crippen LogP contribution >= 0.6 is 0 Å². The van der Waals surface area contributed by atoms with Crippen molar-refractivity contribution in [2.75, 3.05) is 19.8 Å². The van der Waals surface area contributed by atoms with Crippen molar-refractivity contribution in [1.82, 2.24) is 0 Å². The van der Waals surface area contributed by atoms with Crippen LogP contribution in [0.2, 0.25) is 0 Å². The standard InChI is InChI=1S/C22H18O5/c23-19(18-7-8-20-21(13-18)26-10-9-25-20)14-27-22(24)12-15-5-6-16-3-1-2-4-17(16)11-15/h1-8,11,13H,9-10,12,14H2. The summed E-state index contributed by atoms with van der Waals surface area (Å²) in [6.45, 7) is 0.643. The fourth-order valence-electron chi connectivity index (χ4n) is 3.01. The molecule has 0 amide bonds. The van der Waals surface area contributed by atoms with Gasteiger partial charge in [-0.05, 0) is 34.5 Å². The van der Waals surface area contributed by atoms with Gasteiger partial charge in [0.15, 0.2) is 23.9 Å². The minimum atomic E-state index is -0.434. The highest BCUT2D eigenvalue weighted by Crippen LogP contribution is 2.30. The summed E-state index contributed by atoms with van der Waals surface area (Å²) in [6, 6.07) is 18.7. The van der Waals surface area contributed by atoms with Crippen LogP contribution in [0.15, 0.2) is 60.7 Å². The number of esters is 1. The zero-order valence-electron chi connectivity index (χ0n) is 14.6. The monoisotopic (exact) mass is 362 g/mol. The summed E-state index contributed by atoms with van der Waals surface area (Å²) in [5.74, 6) is 0.440. The summed E-state index contributed by atoms with van der Waals surface area (Å²) in [6.07, 6.45) is 0.124. The van der Waals surface area contributed by atoms with Crippen molar-refractivity contribution in [2.45, 2.75) is 6.42 Å². The van der Waals surface area contributed by atoms with Gasteiger partial charge in [-0.1, -0.05) is 42.5 Å². The maximum absolute atomic E-state index is 12.3. The van der Waals surface area contributed by atoms with Crippen LogP contribution in [-0.4, -0.2) is 31.6 Å². The molecule has 27 heavy (non-hydrogen) atoms. The molecule has 0 unspecified atom stereocenters. The molecule has 5 nitrogen and oxygen atoms in total. The smallest absolute Gasteiger partial charge is 0.310 e. The van der Waals surface area contributed by atoms with Gasteiger partial charge in [0.2, 0.25) is 0 Å². The van der Waals surface area contributed by atoms with Crippen LogP contribution in [0.3, 0.4) is 0 Å². The number of Topliss-reactive ketones (excluding diaryl/α,β-unsaturated/α-hetero) is 1. The molecule has 0 saturated heterocycles. The molecular formula is C22H18O5. The molecule has 0 aromatic heterocycles. The summed E-state index contributed by atoms with van der Waals surface area (Å²) in [7, 11) is 0. The van der Waals surface area contributed by atoms with Crippen LogP contribution < -0.4 is 9.47 Å². The summed E-state index contributed by atoms with van der Waals surface area (Å²) in [5, 5.41) is 2.18. The first-order chi connectivity index (χ1) is 13.2. The lowest BCUT2D eigenvalue weighted by molar-refractivity contribution is -0.141. The van der Waals surface area contributed by atoms with Crippen molar-refractivity contribution in [2.24, 2.45) is 0 Å². The first-order valence-corrected chi connectivity index (χ1v) is 8.75. The lowest BCUT2D eigenvalue weighted by Gasteiger charge is -2.18. The normalized spacial score (nSPS) is 12.6. The van der Waals surface area contributed by atoms with Gasteiger partial charge in [0.05, 0.1) is 6.42 Å². The number of ketones is 1. The average Bonchev–Trinajstić information content (AvgIpc) is 2.71. The molecule has 3 aromatic rings. The van der Waals surface area contributed by atoms with Gasteiger partial charge < -0.3 is 14.2 Å². The van der Waals surface area contributed by atoms with Gasteiger partial charge in [0.25, 0.3) is 0 Å². The van der Waals surface area contributed by atoms with Gasteiger partial charge in [-0.2, -0.15) is 0 Å². The van der Waals surface area contributed by atoms with Gasteiger partial charge in [0.1, 0.15) is 13.2 Å². The SMILES string of the molecule is O=C(Cc1ccc2ccccc2c1)OCC(=O)c1ccc2c(c1)OCCO2. The topological polar surface area (TPSA) is 61.8 Å². The quantitative estimate of drug-likeness (QED) is 0.513. The van der Waals surface area contributed by atoms with E-state index in [9.17, 15) is 9.59 Å².